The molecule has 3 heteroatoms. The summed E-state index contributed by atoms with van der Waals surface area (Å²) in [6.45, 7) is 2.57. The lowest BCUT2D eigenvalue weighted by Gasteiger charge is -2.33. The number of aliphatic hydroxyl groups is 1. The van der Waals surface area contributed by atoms with Gasteiger partial charge in [0.15, 0.2) is 0 Å². The molecule has 2 unspecified atom stereocenters. The van der Waals surface area contributed by atoms with Crippen LogP contribution in [0.1, 0.15) is 19.3 Å². The first-order valence-corrected chi connectivity index (χ1v) is 4.73. The molecule has 0 bridgehead atoms. The van der Waals surface area contributed by atoms with E-state index in [1.54, 1.807) is 0 Å². The summed E-state index contributed by atoms with van der Waals surface area (Å²) in [4.78, 5) is 0. The lowest BCUT2D eigenvalue weighted by molar-refractivity contribution is 0.129. The Labute approximate surface area is 80.1 Å². The minimum atomic E-state index is 0. The Kier molecular flexibility index (Phi) is 3.81. The second kappa shape index (κ2) is 4.45. The van der Waals surface area contributed by atoms with E-state index in [0.29, 0.717) is 12.5 Å². The number of rotatable bonds is 2. The number of hydrogen-bond donors (Lipinski definition) is 2. The molecule has 0 aromatic rings. The van der Waals surface area contributed by atoms with Crippen LogP contribution in [0.3, 0.4) is 0 Å². The van der Waals surface area contributed by atoms with Crippen molar-refractivity contribution in [3.05, 3.63) is 0 Å². The van der Waals surface area contributed by atoms with E-state index in [1.165, 1.54) is 19.3 Å². The Hall–Kier alpha value is 0.210. The summed E-state index contributed by atoms with van der Waals surface area (Å²) in [6.07, 6.45) is 4.23. The average molecular weight is 192 g/mol. The van der Waals surface area contributed by atoms with E-state index in [2.05, 4.69) is 5.32 Å². The van der Waals surface area contributed by atoms with Crippen molar-refractivity contribution in [2.75, 3.05) is 19.7 Å². The first-order chi connectivity index (χ1) is 5.42. The van der Waals surface area contributed by atoms with Crippen molar-refractivity contribution >= 4 is 12.4 Å². The van der Waals surface area contributed by atoms with Crippen LogP contribution in [0, 0.1) is 17.8 Å². The van der Waals surface area contributed by atoms with Crippen LogP contribution in [0.5, 0.6) is 0 Å². The molecule has 0 aromatic carbocycles. The largest absolute Gasteiger partial charge is 0.396 e. The molecule has 2 aliphatic rings. The zero-order valence-corrected chi connectivity index (χ0v) is 8.15. The van der Waals surface area contributed by atoms with Crippen LogP contribution < -0.4 is 5.32 Å². The van der Waals surface area contributed by atoms with Gasteiger partial charge in [0, 0.05) is 13.2 Å². The molecular weight excluding hydrogens is 174 g/mol. The van der Waals surface area contributed by atoms with Gasteiger partial charge >= 0.3 is 0 Å². The number of nitrogens with one attached hydrogen (secondary N) is 1. The quantitative estimate of drug-likeness (QED) is 0.684. The highest BCUT2D eigenvalue weighted by molar-refractivity contribution is 5.85. The van der Waals surface area contributed by atoms with Gasteiger partial charge in [-0.05, 0) is 24.3 Å². The SMILES string of the molecule is Cl.OCC1CNCC1C1CCC1. The first-order valence-electron chi connectivity index (χ1n) is 4.73. The molecular formula is C9H18ClNO. The smallest absolute Gasteiger partial charge is 0.0474 e. The second-order valence-electron chi connectivity index (χ2n) is 3.96. The molecule has 72 valence electrons. The van der Waals surface area contributed by atoms with Crippen molar-refractivity contribution in [3.63, 3.8) is 0 Å². The molecule has 2 fully saturated rings. The lowest BCUT2D eigenvalue weighted by Crippen LogP contribution is -2.29. The summed E-state index contributed by atoms with van der Waals surface area (Å²) in [5.41, 5.74) is 0. The monoisotopic (exact) mass is 191 g/mol. The zero-order valence-electron chi connectivity index (χ0n) is 7.33. The maximum absolute atomic E-state index is 9.06. The number of hydrogen-bond acceptors (Lipinski definition) is 2. The summed E-state index contributed by atoms with van der Waals surface area (Å²) in [6, 6.07) is 0. The van der Waals surface area contributed by atoms with E-state index >= 15 is 0 Å². The molecule has 1 heterocycles. The molecule has 2 rings (SSSR count). The van der Waals surface area contributed by atoms with Crippen molar-refractivity contribution in [3.8, 4) is 0 Å². The topological polar surface area (TPSA) is 32.3 Å². The van der Waals surface area contributed by atoms with Crippen molar-refractivity contribution < 1.29 is 5.11 Å². The summed E-state index contributed by atoms with van der Waals surface area (Å²) in [7, 11) is 0. The fourth-order valence-electron chi connectivity index (χ4n) is 2.37. The Bertz CT molecular complexity index is 138. The molecule has 1 aliphatic carbocycles. The average Bonchev–Trinajstić information content (AvgIpc) is 2.32. The van der Waals surface area contributed by atoms with Gasteiger partial charge in [-0.1, -0.05) is 19.3 Å². The van der Waals surface area contributed by atoms with E-state index < -0.39 is 0 Å². The molecule has 0 aromatic heterocycles. The molecule has 1 aliphatic heterocycles. The Balaban J connectivity index is 0.000000720. The normalized spacial score (nSPS) is 35.8. The van der Waals surface area contributed by atoms with Crippen molar-refractivity contribution in [1.82, 2.24) is 5.32 Å². The third-order valence-corrected chi connectivity index (χ3v) is 3.38. The minimum absolute atomic E-state index is 0. The summed E-state index contributed by atoms with van der Waals surface area (Å²) in [5.74, 6) is 2.27. The van der Waals surface area contributed by atoms with Crippen molar-refractivity contribution in [2.45, 2.75) is 19.3 Å². The van der Waals surface area contributed by atoms with Crippen LogP contribution in [0.25, 0.3) is 0 Å². The van der Waals surface area contributed by atoms with Crippen LogP contribution in [-0.2, 0) is 0 Å². The molecule has 0 spiro atoms. The number of halogens is 1. The van der Waals surface area contributed by atoms with E-state index in [0.717, 1.165) is 24.9 Å². The van der Waals surface area contributed by atoms with Crippen molar-refractivity contribution in [1.29, 1.82) is 0 Å². The van der Waals surface area contributed by atoms with Gasteiger partial charge in [-0.15, -0.1) is 12.4 Å². The lowest BCUT2D eigenvalue weighted by atomic mass is 9.72. The first kappa shape index (κ1) is 10.3. The summed E-state index contributed by atoms with van der Waals surface area (Å²) in [5, 5.41) is 12.4. The second-order valence-corrected chi connectivity index (χ2v) is 3.96. The van der Waals surface area contributed by atoms with E-state index in [-0.39, 0.29) is 12.4 Å². The van der Waals surface area contributed by atoms with E-state index in [4.69, 9.17) is 5.11 Å². The Morgan fingerprint density at radius 3 is 2.50 bits per heavy atom. The van der Waals surface area contributed by atoms with Gasteiger partial charge in [0.2, 0.25) is 0 Å². The van der Waals surface area contributed by atoms with Gasteiger partial charge in [-0.25, -0.2) is 0 Å². The van der Waals surface area contributed by atoms with Crippen LogP contribution in [-0.4, -0.2) is 24.8 Å². The molecule has 0 amide bonds. The highest BCUT2D eigenvalue weighted by Crippen LogP contribution is 2.38. The molecule has 2 atom stereocenters. The Morgan fingerprint density at radius 2 is 2.00 bits per heavy atom. The van der Waals surface area contributed by atoms with Gasteiger partial charge in [0.05, 0.1) is 0 Å². The van der Waals surface area contributed by atoms with Crippen molar-refractivity contribution in [2.24, 2.45) is 17.8 Å². The van der Waals surface area contributed by atoms with Crippen LogP contribution in [0.15, 0.2) is 0 Å². The molecule has 12 heavy (non-hydrogen) atoms. The van der Waals surface area contributed by atoms with Crippen LogP contribution in [0.4, 0.5) is 0 Å². The van der Waals surface area contributed by atoms with Crippen LogP contribution >= 0.6 is 12.4 Å². The number of aliphatic hydroxyl groups excluding tert-OH is 1. The fraction of sp³-hybridized carbons (Fsp3) is 1.00. The molecule has 1 saturated heterocycles. The van der Waals surface area contributed by atoms with E-state index in [1.807, 2.05) is 0 Å². The minimum Gasteiger partial charge on any atom is -0.396 e. The molecule has 0 radical (unpaired) electrons. The fourth-order valence-corrected chi connectivity index (χ4v) is 2.37. The molecule has 1 saturated carbocycles. The predicted molar refractivity (Wildman–Crippen MR) is 51.5 cm³/mol. The highest BCUT2D eigenvalue weighted by atomic mass is 35.5. The van der Waals surface area contributed by atoms with Gasteiger partial charge in [-0.2, -0.15) is 0 Å². The standard InChI is InChI=1S/C9H17NO.ClH/c11-6-8-4-10-5-9(8)7-2-1-3-7;/h7-11H,1-6H2;1H. The maximum atomic E-state index is 9.06. The summed E-state index contributed by atoms with van der Waals surface area (Å²) < 4.78 is 0. The third-order valence-electron chi connectivity index (χ3n) is 3.38. The third kappa shape index (κ3) is 1.76. The maximum Gasteiger partial charge on any atom is 0.0474 e. The summed E-state index contributed by atoms with van der Waals surface area (Å²) >= 11 is 0. The predicted octanol–water partition coefficient (Wildman–Crippen LogP) is 1.04. The molecule has 2 N–H and O–H groups in total. The Morgan fingerprint density at radius 1 is 1.25 bits per heavy atom. The van der Waals surface area contributed by atoms with Gasteiger partial charge in [0.25, 0.3) is 0 Å². The van der Waals surface area contributed by atoms with E-state index in [9.17, 15) is 0 Å². The van der Waals surface area contributed by atoms with Gasteiger partial charge < -0.3 is 10.4 Å². The highest BCUT2D eigenvalue weighted by Gasteiger charge is 2.35. The zero-order chi connectivity index (χ0) is 7.68. The van der Waals surface area contributed by atoms with Crippen LogP contribution in [0.2, 0.25) is 0 Å². The van der Waals surface area contributed by atoms with Gasteiger partial charge in [-0.3, -0.25) is 0 Å². The molecule has 2 nitrogen and oxygen atoms in total. The van der Waals surface area contributed by atoms with Gasteiger partial charge in [0.1, 0.15) is 0 Å².